The van der Waals surface area contributed by atoms with E-state index in [1.807, 2.05) is 10.8 Å². The number of Topliss-reactive ketones (excluding diaryl/α,β-unsaturated/α-hetero) is 1. The molecule has 0 unspecified atom stereocenters. The van der Waals surface area contributed by atoms with Gasteiger partial charge in [0.1, 0.15) is 0 Å². The van der Waals surface area contributed by atoms with Crippen molar-refractivity contribution in [2.75, 3.05) is 0 Å². The molecule has 4 heteroatoms. The van der Waals surface area contributed by atoms with Gasteiger partial charge in [0.2, 0.25) is 0 Å². The monoisotopic (exact) mass is 287 g/mol. The fourth-order valence-corrected chi connectivity index (χ4v) is 3.54. The molecule has 0 bridgehead atoms. The van der Waals surface area contributed by atoms with Gasteiger partial charge in [-0.2, -0.15) is 11.3 Å². The predicted molar refractivity (Wildman–Crippen MR) is 66.3 cm³/mol. The molecular formula is C11H14BrNOS. The van der Waals surface area contributed by atoms with E-state index in [9.17, 15) is 4.79 Å². The molecule has 1 aromatic heterocycles. The van der Waals surface area contributed by atoms with E-state index in [1.165, 1.54) is 0 Å². The minimum Gasteiger partial charge on any atom is -0.328 e. The summed E-state index contributed by atoms with van der Waals surface area (Å²) in [5, 5.41) is 3.89. The summed E-state index contributed by atoms with van der Waals surface area (Å²) in [4.78, 5) is 12.1. The van der Waals surface area contributed by atoms with E-state index in [4.69, 9.17) is 5.73 Å². The quantitative estimate of drug-likeness (QED) is 0.849. The lowest BCUT2D eigenvalue weighted by atomic mass is 9.82. The Morgan fingerprint density at radius 2 is 2.00 bits per heavy atom. The summed E-state index contributed by atoms with van der Waals surface area (Å²) >= 11 is 4.98. The van der Waals surface area contributed by atoms with E-state index >= 15 is 0 Å². The third-order valence-electron chi connectivity index (χ3n) is 3.02. The number of rotatable bonds is 2. The summed E-state index contributed by atoms with van der Waals surface area (Å²) in [6.45, 7) is 0. The van der Waals surface area contributed by atoms with Gasteiger partial charge in [0.25, 0.3) is 0 Å². The van der Waals surface area contributed by atoms with E-state index in [2.05, 4.69) is 15.9 Å². The molecule has 1 saturated carbocycles. The summed E-state index contributed by atoms with van der Waals surface area (Å²) in [7, 11) is 0. The highest BCUT2D eigenvalue weighted by Gasteiger charge is 2.26. The van der Waals surface area contributed by atoms with Crippen LogP contribution in [0.3, 0.4) is 0 Å². The van der Waals surface area contributed by atoms with Crippen molar-refractivity contribution in [3.8, 4) is 0 Å². The summed E-state index contributed by atoms with van der Waals surface area (Å²) in [6, 6.07) is 0.306. The number of thiophene rings is 1. The molecule has 1 fully saturated rings. The van der Waals surface area contributed by atoms with Gasteiger partial charge in [-0.05, 0) is 41.6 Å². The Balaban J connectivity index is 2.06. The van der Waals surface area contributed by atoms with Crippen molar-refractivity contribution in [1.82, 2.24) is 0 Å². The molecule has 0 aliphatic heterocycles. The van der Waals surface area contributed by atoms with Gasteiger partial charge in [0.15, 0.2) is 5.78 Å². The number of halogens is 1. The van der Waals surface area contributed by atoms with Gasteiger partial charge in [-0.25, -0.2) is 0 Å². The van der Waals surface area contributed by atoms with Crippen LogP contribution in [0.15, 0.2) is 15.2 Å². The largest absolute Gasteiger partial charge is 0.328 e. The molecule has 1 aromatic rings. The normalized spacial score (nSPS) is 26.5. The van der Waals surface area contributed by atoms with Gasteiger partial charge in [-0.3, -0.25) is 4.79 Å². The van der Waals surface area contributed by atoms with Gasteiger partial charge < -0.3 is 5.73 Å². The van der Waals surface area contributed by atoms with Gasteiger partial charge in [-0.15, -0.1) is 0 Å². The molecular weight excluding hydrogens is 274 g/mol. The number of ketones is 1. The average Bonchev–Trinajstić information content (AvgIpc) is 2.65. The van der Waals surface area contributed by atoms with E-state index in [0.29, 0.717) is 6.04 Å². The maximum atomic E-state index is 12.1. The minimum absolute atomic E-state index is 0.190. The Morgan fingerprint density at radius 3 is 2.53 bits per heavy atom. The summed E-state index contributed by atoms with van der Waals surface area (Å²) in [5.41, 5.74) is 6.67. The lowest BCUT2D eigenvalue weighted by Gasteiger charge is -2.24. The first-order valence-corrected chi connectivity index (χ1v) is 6.93. The lowest BCUT2D eigenvalue weighted by molar-refractivity contribution is 0.0884. The van der Waals surface area contributed by atoms with Crippen LogP contribution >= 0.6 is 27.3 Å². The van der Waals surface area contributed by atoms with Crippen molar-refractivity contribution < 1.29 is 4.79 Å². The third-order valence-corrected chi connectivity index (χ3v) is 4.73. The van der Waals surface area contributed by atoms with Crippen molar-refractivity contribution in [2.45, 2.75) is 31.7 Å². The van der Waals surface area contributed by atoms with Gasteiger partial charge in [0.05, 0.1) is 0 Å². The van der Waals surface area contributed by atoms with E-state index in [1.54, 1.807) is 11.3 Å². The maximum absolute atomic E-state index is 12.1. The molecule has 1 heterocycles. The first kappa shape index (κ1) is 11.3. The second kappa shape index (κ2) is 4.76. The van der Waals surface area contributed by atoms with Crippen molar-refractivity contribution >= 4 is 33.0 Å². The highest BCUT2D eigenvalue weighted by atomic mass is 79.9. The van der Waals surface area contributed by atoms with Crippen LogP contribution < -0.4 is 5.73 Å². The molecule has 0 spiro atoms. The highest BCUT2D eigenvalue weighted by Crippen LogP contribution is 2.30. The molecule has 2 N–H and O–H groups in total. The molecule has 0 aromatic carbocycles. The van der Waals surface area contributed by atoms with Gasteiger partial charge >= 0.3 is 0 Å². The van der Waals surface area contributed by atoms with E-state index in [0.717, 1.165) is 35.7 Å². The summed E-state index contributed by atoms with van der Waals surface area (Å²) < 4.78 is 0.937. The first-order chi connectivity index (χ1) is 7.18. The van der Waals surface area contributed by atoms with Crippen molar-refractivity contribution in [1.29, 1.82) is 0 Å². The average molecular weight is 288 g/mol. The molecule has 82 valence electrons. The Morgan fingerprint density at radius 1 is 1.33 bits per heavy atom. The molecule has 2 nitrogen and oxygen atoms in total. The fourth-order valence-electron chi connectivity index (χ4n) is 2.06. The third kappa shape index (κ3) is 2.49. The van der Waals surface area contributed by atoms with Gasteiger partial charge in [0, 0.05) is 32.8 Å². The van der Waals surface area contributed by atoms with Crippen LogP contribution in [0.4, 0.5) is 0 Å². The number of carbonyl (C=O) groups excluding carboxylic acids is 1. The Labute approximate surface area is 102 Å². The second-order valence-corrected chi connectivity index (χ2v) is 5.71. The summed E-state index contributed by atoms with van der Waals surface area (Å²) in [6.07, 6.45) is 3.86. The standard InChI is InChI=1S/C11H14BrNOS/c12-10-6-15-5-9(10)11(14)7-1-3-8(13)4-2-7/h5-8H,1-4,13H2. The molecule has 1 aliphatic rings. The highest BCUT2D eigenvalue weighted by molar-refractivity contribution is 9.10. The molecule has 0 atom stereocenters. The number of carbonyl (C=O) groups is 1. The zero-order valence-electron chi connectivity index (χ0n) is 8.41. The zero-order valence-corrected chi connectivity index (χ0v) is 10.8. The molecule has 15 heavy (non-hydrogen) atoms. The number of hydrogen-bond acceptors (Lipinski definition) is 3. The topological polar surface area (TPSA) is 43.1 Å². The number of nitrogens with two attached hydrogens (primary N) is 1. The summed E-state index contributed by atoms with van der Waals surface area (Å²) in [5.74, 6) is 0.478. The SMILES string of the molecule is NC1CCC(C(=O)c2cscc2Br)CC1. The number of hydrogen-bond donors (Lipinski definition) is 1. The van der Waals surface area contributed by atoms with Gasteiger partial charge in [-0.1, -0.05) is 0 Å². The smallest absolute Gasteiger partial charge is 0.167 e. The maximum Gasteiger partial charge on any atom is 0.167 e. The molecule has 1 aliphatic carbocycles. The zero-order chi connectivity index (χ0) is 10.8. The molecule has 0 radical (unpaired) electrons. The van der Waals surface area contributed by atoms with Crippen LogP contribution in [0.1, 0.15) is 36.0 Å². The first-order valence-electron chi connectivity index (χ1n) is 5.20. The molecule has 0 amide bonds. The van der Waals surface area contributed by atoms with Crippen LogP contribution in [-0.4, -0.2) is 11.8 Å². The van der Waals surface area contributed by atoms with E-state index < -0.39 is 0 Å². The van der Waals surface area contributed by atoms with Crippen LogP contribution in [-0.2, 0) is 0 Å². The Hall–Kier alpha value is -0.190. The van der Waals surface area contributed by atoms with Crippen molar-refractivity contribution in [3.63, 3.8) is 0 Å². The van der Waals surface area contributed by atoms with Crippen LogP contribution in [0.2, 0.25) is 0 Å². The lowest BCUT2D eigenvalue weighted by Crippen LogP contribution is -2.29. The van der Waals surface area contributed by atoms with Crippen molar-refractivity contribution in [2.24, 2.45) is 11.7 Å². The van der Waals surface area contributed by atoms with E-state index in [-0.39, 0.29) is 11.7 Å². The Kier molecular flexibility index (Phi) is 3.59. The minimum atomic E-state index is 0.190. The van der Waals surface area contributed by atoms with Crippen LogP contribution in [0.5, 0.6) is 0 Å². The van der Waals surface area contributed by atoms with Crippen molar-refractivity contribution in [3.05, 3.63) is 20.8 Å². The predicted octanol–water partition coefficient (Wildman–Crippen LogP) is 3.21. The Bertz CT molecular complexity index is 355. The fraction of sp³-hybridized carbons (Fsp3) is 0.545. The molecule has 2 rings (SSSR count). The van der Waals surface area contributed by atoms with Crippen LogP contribution in [0.25, 0.3) is 0 Å². The van der Waals surface area contributed by atoms with Crippen LogP contribution in [0, 0.1) is 5.92 Å². The second-order valence-electron chi connectivity index (χ2n) is 4.11. The molecule has 0 saturated heterocycles.